The third-order valence-electron chi connectivity index (χ3n) is 2.82. The van der Waals surface area contributed by atoms with E-state index in [0.717, 1.165) is 12.5 Å². The smallest absolute Gasteiger partial charge is 0.358 e. The van der Waals surface area contributed by atoms with Crippen LogP contribution in [0.15, 0.2) is 24.3 Å². The largest absolute Gasteiger partial charge is 0.418 e. The van der Waals surface area contributed by atoms with Crippen LogP contribution in [0.5, 0.6) is 0 Å². The molecule has 1 rings (SSSR count). The first kappa shape index (κ1) is 15.8. The molecule has 19 heavy (non-hydrogen) atoms. The van der Waals surface area contributed by atoms with Crippen molar-refractivity contribution in [3.8, 4) is 0 Å². The van der Waals surface area contributed by atoms with Gasteiger partial charge in [0.15, 0.2) is 5.11 Å². The number of hydrogen-bond donors (Lipinski definition) is 2. The molecule has 0 fully saturated rings. The summed E-state index contributed by atoms with van der Waals surface area (Å²) >= 11 is 5.04. The summed E-state index contributed by atoms with van der Waals surface area (Å²) in [6.07, 6.45) is -3.60. The van der Waals surface area contributed by atoms with Gasteiger partial charge >= 0.3 is 6.18 Å². The van der Waals surface area contributed by atoms with E-state index in [1.807, 2.05) is 20.8 Å². The van der Waals surface area contributed by atoms with Gasteiger partial charge in [-0.1, -0.05) is 19.1 Å². The second kappa shape index (κ2) is 5.77. The number of anilines is 1. The molecule has 1 aromatic rings. The van der Waals surface area contributed by atoms with Gasteiger partial charge in [-0.25, -0.2) is 0 Å². The number of rotatable bonds is 3. The number of alkyl halides is 3. The molecule has 0 radical (unpaired) electrons. The van der Waals surface area contributed by atoms with Crippen LogP contribution < -0.4 is 10.6 Å². The highest BCUT2D eigenvalue weighted by Crippen LogP contribution is 2.34. The Kier molecular flexibility index (Phi) is 4.79. The van der Waals surface area contributed by atoms with Crippen LogP contribution in [-0.4, -0.2) is 10.7 Å². The number of thiocarbonyl (C=S) groups is 1. The number of para-hydroxylation sites is 1. The molecule has 6 heteroatoms. The minimum absolute atomic E-state index is 0.0422. The Labute approximate surface area is 116 Å². The standard InChI is InChI=1S/C13H17F3N2S/c1-4-12(2,3)18-11(19)17-10-8-6-5-7-9(10)13(14,15)16/h5-8H,4H2,1-3H3,(H2,17,18,19). The third-order valence-corrected chi connectivity index (χ3v) is 3.02. The molecule has 0 aliphatic carbocycles. The van der Waals surface area contributed by atoms with Crippen molar-refractivity contribution >= 4 is 23.0 Å². The molecular weight excluding hydrogens is 273 g/mol. The van der Waals surface area contributed by atoms with Gasteiger partial charge in [0.05, 0.1) is 11.3 Å². The first-order valence-corrected chi connectivity index (χ1v) is 6.32. The lowest BCUT2D eigenvalue weighted by molar-refractivity contribution is -0.136. The zero-order chi connectivity index (χ0) is 14.7. The van der Waals surface area contributed by atoms with Gasteiger partial charge in [-0.15, -0.1) is 0 Å². The predicted octanol–water partition coefficient (Wildman–Crippen LogP) is 4.18. The van der Waals surface area contributed by atoms with Crippen LogP contribution in [0.1, 0.15) is 32.8 Å². The summed E-state index contributed by atoms with van der Waals surface area (Å²) in [6.45, 7) is 5.83. The number of hydrogen-bond acceptors (Lipinski definition) is 1. The lowest BCUT2D eigenvalue weighted by Gasteiger charge is -2.27. The molecule has 1 aromatic carbocycles. The zero-order valence-electron chi connectivity index (χ0n) is 11.1. The zero-order valence-corrected chi connectivity index (χ0v) is 11.9. The fourth-order valence-corrected chi connectivity index (χ4v) is 1.77. The van der Waals surface area contributed by atoms with Gasteiger partial charge in [-0.05, 0) is 44.6 Å². The van der Waals surface area contributed by atoms with Gasteiger partial charge in [-0.2, -0.15) is 13.2 Å². The summed E-state index contributed by atoms with van der Waals surface area (Å²) in [6, 6.07) is 5.26. The topological polar surface area (TPSA) is 24.1 Å². The van der Waals surface area contributed by atoms with E-state index in [-0.39, 0.29) is 16.3 Å². The van der Waals surface area contributed by atoms with E-state index in [4.69, 9.17) is 12.2 Å². The van der Waals surface area contributed by atoms with Crippen LogP contribution in [0.4, 0.5) is 18.9 Å². The van der Waals surface area contributed by atoms with Crippen LogP contribution in [0.2, 0.25) is 0 Å². The van der Waals surface area contributed by atoms with Gasteiger partial charge < -0.3 is 10.6 Å². The van der Waals surface area contributed by atoms with Crippen molar-refractivity contribution in [1.82, 2.24) is 5.32 Å². The number of benzene rings is 1. The molecule has 0 aliphatic heterocycles. The lowest BCUT2D eigenvalue weighted by Crippen LogP contribution is -2.45. The summed E-state index contributed by atoms with van der Waals surface area (Å²) < 4.78 is 38.4. The quantitative estimate of drug-likeness (QED) is 0.817. The molecule has 2 N–H and O–H groups in total. The highest BCUT2D eigenvalue weighted by molar-refractivity contribution is 7.80. The SMILES string of the molecule is CCC(C)(C)NC(=S)Nc1ccccc1C(F)(F)F. The van der Waals surface area contributed by atoms with Gasteiger partial charge in [0.1, 0.15) is 0 Å². The summed E-state index contributed by atoms with van der Waals surface area (Å²) in [4.78, 5) is 0. The van der Waals surface area contributed by atoms with Crippen molar-refractivity contribution in [2.75, 3.05) is 5.32 Å². The predicted molar refractivity (Wildman–Crippen MR) is 75.2 cm³/mol. The summed E-state index contributed by atoms with van der Waals surface area (Å²) in [7, 11) is 0. The van der Waals surface area contributed by atoms with Gasteiger partial charge in [-0.3, -0.25) is 0 Å². The molecule has 0 saturated carbocycles. The van der Waals surface area contributed by atoms with Crippen LogP contribution in [0.3, 0.4) is 0 Å². The second-order valence-corrected chi connectivity index (χ2v) is 5.27. The highest BCUT2D eigenvalue weighted by atomic mass is 32.1. The van der Waals surface area contributed by atoms with E-state index in [0.29, 0.717) is 0 Å². The summed E-state index contributed by atoms with van der Waals surface area (Å²) in [5, 5.41) is 5.78. The first-order chi connectivity index (χ1) is 8.65. The summed E-state index contributed by atoms with van der Waals surface area (Å²) in [5.74, 6) is 0. The Bertz CT molecular complexity index is 455. The molecule has 0 amide bonds. The highest BCUT2D eigenvalue weighted by Gasteiger charge is 2.33. The molecule has 0 atom stereocenters. The number of nitrogens with one attached hydrogen (secondary N) is 2. The van der Waals surface area contributed by atoms with Crippen LogP contribution >= 0.6 is 12.2 Å². The van der Waals surface area contributed by atoms with E-state index in [2.05, 4.69) is 10.6 Å². The van der Waals surface area contributed by atoms with Crippen LogP contribution in [0.25, 0.3) is 0 Å². The van der Waals surface area contributed by atoms with Gasteiger partial charge in [0, 0.05) is 5.54 Å². The van der Waals surface area contributed by atoms with Gasteiger partial charge in [0.25, 0.3) is 0 Å². The van der Waals surface area contributed by atoms with Crippen molar-refractivity contribution in [2.45, 2.75) is 38.9 Å². The second-order valence-electron chi connectivity index (χ2n) is 4.86. The van der Waals surface area contributed by atoms with Crippen LogP contribution in [0, 0.1) is 0 Å². The van der Waals surface area contributed by atoms with Crippen molar-refractivity contribution in [3.05, 3.63) is 29.8 Å². The number of halogens is 3. The van der Waals surface area contributed by atoms with Crippen molar-refractivity contribution in [1.29, 1.82) is 0 Å². The van der Waals surface area contributed by atoms with Crippen molar-refractivity contribution < 1.29 is 13.2 Å². The lowest BCUT2D eigenvalue weighted by atomic mass is 10.0. The molecule has 0 unspecified atom stereocenters. The summed E-state index contributed by atoms with van der Waals surface area (Å²) in [5.41, 5.74) is -1.04. The maximum absolute atomic E-state index is 12.8. The van der Waals surface area contributed by atoms with E-state index in [1.165, 1.54) is 18.2 Å². The van der Waals surface area contributed by atoms with Crippen molar-refractivity contribution in [3.63, 3.8) is 0 Å². The first-order valence-electron chi connectivity index (χ1n) is 5.91. The van der Waals surface area contributed by atoms with Gasteiger partial charge in [0.2, 0.25) is 0 Å². The monoisotopic (exact) mass is 290 g/mol. The molecule has 106 valence electrons. The Morgan fingerprint density at radius 1 is 1.21 bits per heavy atom. The average molecular weight is 290 g/mol. The molecule has 0 bridgehead atoms. The minimum Gasteiger partial charge on any atom is -0.358 e. The maximum Gasteiger partial charge on any atom is 0.418 e. The molecule has 2 nitrogen and oxygen atoms in total. The molecule has 0 aromatic heterocycles. The Morgan fingerprint density at radius 3 is 2.32 bits per heavy atom. The molecule has 0 aliphatic rings. The fourth-order valence-electron chi connectivity index (χ4n) is 1.39. The molecular formula is C13H17F3N2S. The third kappa shape index (κ3) is 4.70. The van der Waals surface area contributed by atoms with E-state index in [9.17, 15) is 13.2 Å². The maximum atomic E-state index is 12.8. The Hall–Kier alpha value is -1.30. The van der Waals surface area contributed by atoms with Crippen LogP contribution in [-0.2, 0) is 6.18 Å². The van der Waals surface area contributed by atoms with Crippen molar-refractivity contribution in [2.24, 2.45) is 0 Å². The average Bonchev–Trinajstić information content (AvgIpc) is 2.27. The Balaban J connectivity index is 2.86. The Morgan fingerprint density at radius 2 is 1.79 bits per heavy atom. The fraction of sp³-hybridized carbons (Fsp3) is 0.462. The molecule has 0 saturated heterocycles. The molecule has 0 heterocycles. The van der Waals surface area contributed by atoms with E-state index in [1.54, 1.807) is 0 Å². The normalized spacial score (nSPS) is 12.1. The minimum atomic E-state index is -4.40. The van der Waals surface area contributed by atoms with E-state index >= 15 is 0 Å². The molecule has 0 spiro atoms. The van der Waals surface area contributed by atoms with E-state index < -0.39 is 11.7 Å².